The van der Waals surface area contributed by atoms with E-state index in [1.807, 2.05) is 29.8 Å². The summed E-state index contributed by atoms with van der Waals surface area (Å²) in [5.41, 5.74) is 2.18. The maximum absolute atomic E-state index is 12.4. The van der Waals surface area contributed by atoms with Gasteiger partial charge in [-0.3, -0.25) is 14.3 Å². The van der Waals surface area contributed by atoms with E-state index in [0.29, 0.717) is 11.5 Å². The predicted molar refractivity (Wildman–Crippen MR) is 86.1 cm³/mol. The standard InChI is InChI=1S/C16H20N6O/c1-3-6-11-9-13(21-20-11)15(23)18-12(4-2)14-10-22-8-5-7-17-16(22)19-14/h5,7-10,12H,3-4,6H2,1-2H3,(H,18,23)(H,20,21). The van der Waals surface area contributed by atoms with Crippen LogP contribution in [0.2, 0.25) is 0 Å². The molecule has 0 bridgehead atoms. The second-order valence-corrected chi connectivity index (χ2v) is 5.46. The molecule has 23 heavy (non-hydrogen) atoms. The maximum Gasteiger partial charge on any atom is 0.272 e. The van der Waals surface area contributed by atoms with Gasteiger partial charge < -0.3 is 5.32 Å². The van der Waals surface area contributed by atoms with Gasteiger partial charge in [0, 0.05) is 24.3 Å². The molecule has 2 N–H and O–H groups in total. The average Bonchev–Trinajstić information content (AvgIpc) is 3.19. The number of aryl methyl sites for hydroxylation is 1. The van der Waals surface area contributed by atoms with Crippen molar-refractivity contribution in [3.63, 3.8) is 0 Å². The van der Waals surface area contributed by atoms with Crippen molar-refractivity contribution < 1.29 is 4.79 Å². The highest BCUT2D eigenvalue weighted by atomic mass is 16.2. The summed E-state index contributed by atoms with van der Waals surface area (Å²) in [6.07, 6.45) is 8.11. The van der Waals surface area contributed by atoms with Gasteiger partial charge in [-0.2, -0.15) is 5.10 Å². The van der Waals surface area contributed by atoms with Gasteiger partial charge in [-0.05, 0) is 25.0 Å². The monoisotopic (exact) mass is 312 g/mol. The molecule has 3 aromatic heterocycles. The SMILES string of the molecule is CCCc1cc(C(=O)NC(CC)c2cn3cccnc3n2)n[nH]1. The zero-order valence-corrected chi connectivity index (χ0v) is 13.3. The Balaban J connectivity index is 1.76. The highest BCUT2D eigenvalue weighted by Gasteiger charge is 2.19. The quantitative estimate of drug-likeness (QED) is 0.731. The average molecular weight is 312 g/mol. The number of hydrogen-bond donors (Lipinski definition) is 2. The lowest BCUT2D eigenvalue weighted by Crippen LogP contribution is -2.28. The molecule has 3 aromatic rings. The molecular formula is C16H20N6O. The van der Waals surface area contributed by atoms with Gasteiger partial charge in [-0.1, -0.05) is 20.3 Å². The van der Waals surface area contributed by atoms with Crippen LogP contribution in [0.5, 0.6) is 0 Å². The summed E-state index contributed by atoms with van der Waals surface area (Å²) in [6.45, 7) is 4.10. The number of H-pyrrole nitrogens is 1. The fourth-order valence-corrected chi connectivity index (χ4v) is 2.51. The lowest BCUT2D eigenvalue weighted by molar-refractivity contribution is 0.0929. The van der Waals surface area contributed by atoms with Gasteiger partial charge in [0.2, 0.25) is 5.78 Å². The first-order valence-corrected chi connectivity index (χ1v) is 7.86. The normalized spacial score (nSPS) is 12.4. The van der Waals surface area contributed by atoms with Gasteiger partial charge in [0.25, 0.3) is 5.91 Å². The largest absolute Gasteiger partial charge is 0.342 e. The van der Waals surface area contributed by atoms with Crippen molar-refractivity contribution >= 4 is 11.7 Å². The van der Waals surface area contributed by atoms with E-state index in [9.17, 15) is 4.79 Å². The molecule has 0 aliphatic carbocycles. The summed E-state index contributed by atoms with van der Waals surface area (Å²) >= 11 is 0. The number of nitrogens with zero attached hydrogens (tertiary/aromatic N) is 4. The van der Waals surface area contributed by atoms with E-state index in [2.05, 4.69) is 32.4 Å². The lowest BCUT2D eigenvalue weighted by atomic mass is 10.1. The van der Waals surface area contributed by atoms with Crippen molar-refractivity contribution in [3.05, 3.63) is 47.8 Å². The number of aromatic amines is 1. The molecule has 3 rings (SSSR count). The highest BCUT2D eigenvalue weighted by Crippen LogP contribution is 2.16. The van der Waals surface area contributed by atoms with Crippen molar-refractivity contribution in [3.8, 4) is 0 Å². The third kappa shape index (κ3) is 3.23. The number of carbonyl (C=O) groups is 1. The second-order valence-electron chi connectivity index (χ2n) is 5.46. The van der Waals surface area contributed by atoms with Crippen LogP contribution >= 0.6 is 0 Å². The van der Waals surface area contributed by atoms with Gasteiger partial charge in [0.1, 0.15) is 5.69 Å². The minimum atomic E-state index is -0.194. The fourth-order valence-electron chi connectivity index (χ4n) is 2.51. The first kappa shape index (κ1) is 15.2. The molecule has 1 unspecified atom stereocenters. The Hall–Kier alpha value is -2.70. The van der Waals surface area contributed by atoms with Crippen LogP contribution in [0.3, 0.4) is 0 Å². The molecule has 7 nitrogen and oxygen atoms in total. The van der Waals surface area contributed by atoms with Crippen LogP contribution in [0.25, 0.3) is 5.78 Å². The third-order valence-corrected chi connectivity index (χ3v) is 3.71. The minimum absolute atomic E-state index is 0.171. The molecule has 0 aliphatic rings. The number of fused-ring (bicyclic) bond motifs is 1. The first-order chi connectivity index (χ1) is 11.2. The molecule has 0 radical (unpaired) electrons. The van der Waals surface area contributed by atoms with Crippen LogP contribution < -0.4 is 5.32 Å². The predicted octanol–water partition coefficient (Wildman–Crippen LogP) is 2.29. The zero-order valence-electron chi connectivity index (χ0n) is 13.3. The number of rotatable bonds is 6. The molecule has 1 atom stereocenters. The van der Waals surface area contributed by atoms with Crippen LogP contribution in [0.4, 0.5) is 0 Å². The first-order valence-electron chi connectivity index (χ1n) is 7.86. The molecule has 0 fully saturated rings. The third-order valence-electron chi connectivity index (χ3n) is 3.71. The molecule has 3 heterocycles. The molecule has 120 valence electrons. The smallest absolute Gasteiger partial charge is 0.272 e. The zero-order chi connectivity index (χ0) is 16.2. The Morgan fingerprint density at radius 2 is 2.30 bits per heavy atom. The van der Waals surface area contributed by atoms with Crippen molar-refractivity contribution in [2.24, 2.45) is 0 Å². The van der Waals surface area contributed by atoms with E-state index >= 15 is 0 Å². The Morgan fingerprint density at radius 3 is 3.04 bits per heavy atom. The van der Waals surface area contributed by atoms with E-state index in [0.717, 1.165) is 30.7 Å². The van der Waals surface area contributed by atoms with Gasteiger partial charge in [-0.15, -0.1) is 0 Å². The Morgan fingerprint density at radius 1 is 1.43 bits per heavy atom. The second kappa shape index (κ2) is 6.60. The van der Waals surface area contributed by atoms with E-state index < -0.39 is 0 Å². The Kier molecular flexibility index (Phi) is 4.36. The minimum Gasteiger partial charge on any atom is -0.342 e. The maximum atomic E-state index is 12.4. The van der Waals surface area contributed by atoms with Gasteiger partial charge in [0.15, 0.2) is 0 Å². The van der Waals surface area contributed by atoms with Gasteiger partial charge >= 0.3 is 0 Å². The highest BCUT2D eigenvalue weighted by molar-refractivity contribution is 5.92. The molecule has 7 heteroatoms. The van der Waals surface area contributed by atoms with Crippen LogP contribution in [0.15, 0.2) is 30.7 Å². The van der Waals surface area contributed by atoms with Crippen LogP contribution in [0.1, 0.15) is 54.6 Å². The summed E-state index contributed by atoms with van der Waals surface area (Å²) < 4.78 is 1.85. The number of hydrogen-bond acceptors (Lipinski definition) is 4. The number of nitrogens with one attached hydrogen (secondary N) is 2. The number of carbonyl (C=O) groups excluding carboxylic acids is 1. The van der Waals surface area contributed by atoms with E-state index in [4.69, 9.17) is 0 Å². The molecule has 0 aliphatic heterocycles. The van der Waals surface area contributed by atoms with E-state index in [1.54, 1.807) is 12.3 Å². The van der Waals surface area contributed by atoms with Gasteiger partial charge in [0.05, 0.1) is 11.7 Å². The lowest BCUT2D eigenvalue weighted by Gasteiger charge is -2.13. The fraction of sp³-hybridized carbons (Fsp3) is 0.375. The molecule has 0 saturated carbocycles. The Labute approximate surface area is 134 Å². The van der Waals surface area contributed by atoms with Gasteiger partial charge in [-0.25, -0.2) is 9.97 Å². The Bertz CT molecular complexity index is 773. The summed E-state index contributed by atoms with van der Waals surface area (Å²) in [5, 5.41) is 9.97. The van der Waals surface area contributed by atoms with Crippen molar-refractivity contribution in [2.45, 2.75) is 39.2 Å². The number of amides is 1. The van der Waals surface area contributed by atoms with Crippen LogP contribution in [0, 0.1) is 0 Å². The number of imidazole rings is 1. The van der Waals surface area contributed by atoms with E-state index in [1.165, 1.54) is 0 Å². The summed E-state index contributed by atoms with van der Waals surface area (Å²) in [7, 11) is 0. The molecule has 0 aromatic carbocycles. The molecule has 0 spiro atoms. The molecule has 0 saturated heterocycles. The van der Waals surface area contributed by atoms with Crippen LogP contribution in [-0.2, 0) is 6.42 Å². The summed E-state index contributed by atoms with van der Waals surface area (Å²) in [6, 6.07) is 3.48. The van der Waals surface area contributed by atoms with Crippen molar-refractivity contribution in [1.82, 2.24) is 29.9 Å². The number of aromatic nitrogens is 5. The molecule has 1 amide bonds. The van der Waals surface area contributed by atoms with Crippen molar-refractivity contribution in [1.29, 1.82) is 0 Å². The molecular weight excluding hydrogens is 292 g/mol. The summed E-state index contributed by atoms with van der Waals surface area (Å²) in [4.78, 5) is 21.1. The van der Waals surface area contributed by atoms with E-state index in [-0.39, 0.29) is 11.9 Å². The van der Waals surface area contributed by atoms with Crippen molar-refractivity contribution in [2.75, 3.05) is 0 Å². The summed E-state index contributed by atoms with van der Waals surface area (Å²) in [5.74, 6) is 0.431. The topological polar surface area (TPSA) is 88.0 Å². The van der Waals surface area contributed by atoms with Crippen LogP contribution in [-0.4, -0.2) is 30.5 Å².